The van der Waals surface area contributed by atoms with E-state index >= 15 is 0 Å². The maximum absolute atomic E-state index is 9.20. The lowest BCUT2D eigenvalue weighted by molar-refractivity contribution is 0.152. The molecule has 1 aliphatic rings. The molecule has 0 aliphatic carbocycles. The second-order valence-corrected chi connectivity index (χ2v) is 3.17. The van der Waals surface area contributed by atoms with Crippen LogP contribution in [0.15, 0.2) is 30.3 Å². The van der Waals surface area contributed by atoms with Gasteiger partial charge in [0.25, 0.3) is 0 Å². The van der Waals surface area contributed by atoms with Gasteiger partial charge in [-0.2, -0.15) is 0 Å². The van der Waals surface area contributed by atoms with Gasteiger partial charge in [-0.1, -0.05) is 30.3 Å². The molecule has 1 aromatic rings. The number of epoxide rings is 1. The minimum Gasteiger partial charge on any atom is -0.391 e. The van der Waals surface area contributed by atoms with Gasteiger partial charge >= 0.3 is 0 Å². The molecule has 1 saturated heterocycles. The van der Waals surface area contributed by atoms with E-state index in [-0.39, 0.29) is 18.3 Å². The van der Waals surface area contributed by atoms with Gasteiger partial charge in [0.15, 0.2) is 0 Å². The van der Waals surface area contributed by atoms with Crippen LogP contribution >= 0.6 is 0 Å². The molecule has 2 nitrogen and oxygen atoms in total. The van der Waals surface area contributed by atoms with E-state index in [4.69, 9.17) is 4.74 Å². The van der Waals surface area contributed by atoms with Crippen LogP contribution in [-0.4, -0.2) is 17.3 Å². The summed E-state index contributed by atoms with van der Waals surface area (Å²) in [6.45, 7) is 1.76. The van der Waals surface area contributed by atoms with Crippen molar-refractivity contribution in [2.75, 3.05) is 0 Å². The maximum Gasteiger partial charge on any atom is 0.114 e. The summed E-state index contributed by atoms with van der Waals surface area (Å²) in [5.74, 6) is 0. The van der Waals surface area contributed by atoms with E-state index in [9.17, 15) is 5.11 Å². The van der Waals surface area contributed by atoms with E-state index in [0.29, 0.717) is 0 Å². The van der Waals surface area contributed by atoms with Crippen LogP contribution in [0.25, 0.3) is 0 Å². The second-order valence-electron chi connectivity index (χ2n) is 3.17. The third-order valence-corrected chi connectivity index (χ3v) is 2.13. The van der Waals surface area contributed by atoms with Gasteiger partial charge < -0.3 is 9.84 Å². The molecule has 2 unspecified atom stereocenters. The number of ether oxygens (including phenoxy) is 1. The highest BCUT2D eigenvalue weighted by atomic mass is 16.6. The number of hydrogen-bond donors (Lipinski definition) is 1. The van der Waals surface area contributed by atoms with Crippen molar-refractivity contribution < 1.29 is 9.84 Å². The van der Waals surface area contributed by atoms with E-state index in [2.05, 4.69) is 0 Å². The summed E-state index contributed by atoms with van der Waals surface area (Å²) in [5.41, 5.74) is 1.16. The Morgan fingerprint density at radius 1 is 1.33 bits per heavy atom. The maximum atomic E-state index is 9.20. The monoisotopic (exact) mass is 164 g/mol. The first-order valence-electron chi connectivity index (χ1n) is 4.17. The molecule has 0 spiro atoms. The zero-order chi connectivity index (χ0) is 8.55. The number of benzene rings is 1. The summed E-state index contributed by atoms with van der Waals surface area (Å²) in [7, 11) is 0. The molecule has 0 radical (unpaired) electrons. The van der Waals surface area contributed by atoms with Gasteiger partial charge in [-0.15, -0.1) is 0 Å². The first kappa shape index (κ1) is 7.77. The summed E-state index contributed by atoms with van der Waals surface area (Å²) in [5, 5.41) is 9.20. The van der Waals surface area contributed by atoms with Crippen molar-refractivity contribution >= 4 is 0 Å². The Balaban J connectivity index is 2.06. The molecule has 2 heteroatoms. The van der Waals surface area contributed by atoms with E-state index < -0.39 is 0 Å². The number of aliphatic hydroxyl groups is 1. The topological polar surface area (TPSA) is 32.8 Å². The fraction of sp³-hybridized carbons (Fsp3) is 0.400. The number of rotatable bonds is 2. The van der Waals surface area contributed by atoms with E-state index in [1.165, 1.54) is 0 Å². The molecule has 2 rings (SSSR count). The number of aliphatic hydroxyl groups excluding tert-OH is 1. The lowest BCUT2D eigenvalue weighted by atomic mass is 10.1. The second kappa shape index (κ2) is 2.88. The Bertz CT molecular complexity index is 256. The molecule has 1 N–H and O–H groups in total. The summed E-state index contributed by atoms with van der Waals surface area (Å²) in [4.78, 5) is 0. The van der Waals surface area contributed by atoms with Gasteiger partial charge in [0.05, 0.1) is 6.10 Å². The standard InChI is InChI=1S/C10H12O2/c1-7(11)9-10(12-9)8-5-3-2-4-6-8/h2-7,9-11H,1H3/t7?,9?,10-/m0/s1. The predicted octanol–water partition coefficient (Wildman–Crippen LogP) is 1.51. The lowest BCUT2D eigenvalue weighted by Crippen LogP contribution is -2.09. The van der Waals surface area contributed by atoms with Crippen molar-refractivity contribution in [3.8, 4) is 0 Å². The number of hydrogen-bond acceptors (Lipinski definition) is 2. The molecule has 0 bridgehead atoms. The van der Waals surface area contributed by atoms with Crippen LogP contribution in [0.1, 0.15) is 18.6 Å². The molecule has 12 heavy (non-hydrogen) atoms. The molecular weight excluding hydrogens is 152 g/mol. The van der Waals surface area contributed by atoms with E-state index in [1.807, 2.05) is 30.3 Å². The first-order valence-corrected chi connectivity index (χ1v) is 4.17. The first-order chi connectivity index (χ1) is 5.79. The third kappa shape index (κ3) is 1.36. The molecule has 64 valence electrons. The van der Waals surface area contributed by atoms with Crippen LogP contribution in [0.2, 0.25) is 0 Å². The van der Waals surface area contributed by atoms with Crippen molar-refractivity contribution in [3.63, 3.8) is 0 Å². The largest absolute Gasteiger partial charge is 0.391 e. The fourth-order valence-corrected chi connectivity index (χ4v) is 1.40. The van der Waals surface area contributed by atoms with Gasteiger partial charge in [0.2, 0.25) is 0 Å². The Hall–Kier alpha value is -0.860. The predicted molar refractivity (Wildman–Crippen MR) is 45.7 cm³/mol. The summed E-state index contributed by atoms with van der Waals surface area (Å²) < 4.78 is 5.31. The highest BCUT2D eigenvalue weighted by Gasteiger charge is 2.43. The summed E-state index contributed by atoms with van der Waals surface area (Å²) in [6.07, 6.45) is -0.242. The quantitative estimate of drug-likeness (QED) is 0.672. The van der Waals surface area contributed by atoms with Crippen molar-refractivity contribution in [2.45, 2.75) is 25.2 Å². The van der Waals surface area contributed by atoms with Crippen LogP contribution in [0.4, 0.5) is 0 Å². The normalized spacial score (nSPS) is 29.8. The minimum atomic E-state index is -0.366. The van der Waals surface area contributed by atoms with E-state index in [0.717, 1.165) is 5.56 Å². The minimum absolute atomic E-state index is 0.00685. The van der Waals surface area contributed by atoms with E-state index in [1.54, 1.807) is 6.92 Å². The van der Waals surface area contributed by atoms with Crippen molar-refractivity contribution in [2.24, 2.45) is 0 Å². The Morgan fingerprint density at radius 2 is 2.00 bits per heavy atom. The SMILES string of the molecule is CC(O)C1O[C@H]1c1ccccc1. The van der Waals surface area contributed by atoms with Crippen LogP contribution in [-0.2, 0) is 4.74 Å². The molecule has 1 heterocycles. The molecule has 1 fully saturated rings. The molecule has 3 atom stereocenters. The average molecular weight is 164 g/mol. The van der Waals surface area contributed by atoms with Crippen LogP contribution < -0.4 is 0 Å². The van der Waals surface area contributed by atoms with Crippen LogP contribution in [0.3, 0.4) is 0 Å². The highest BCUT2D eigenvalue weighted by Crippen LogP contribution is 2.40. The summed E-state index contributed by atoms with van der Waals surface area (Å²) in [6, 6.07) is 9.98. The average Bonchev–Trinajstić information content (AvgIpc) is 2.84. The van der Waals surface area contributed by atoms with Gasteiger partial charge in [-0.05, 0) is 12.5 Å². The van der Waals surface area contributed by atoms with Gasteiger partial charge in [0, 0.05) is 0 Å². The zero-order valence-electron chi connectivity index (χ0n) is 6.97. The van der Waals surface area contributed by atoms with Crippen molar-refractivity contribution in [3.05, 3.63) is 35.9 Å². The van der Waals surface area contributed by atoms with Crippen LogP contribution in [0, 0.1) is 0 Å². The van der Waals surface area contributed by atoms with Crippen molar-refractivity contribution in [1.29, 1.82) is 0 Å². The van der Waals surface area contributed by atoms with Gasteiger partial charge in [0.1, 0.15) is 12.2 Å². The molecular formula is C10H12O2. The Kier molecular flexibility index (Phi) is 1.87. The van der Waals surface area contributed by atoms with Gasteiger partial charge in [-0.3, -0.25) is 0 Å². The summed E-state index contributed by atoms with van der Waals surface area (Å²) >= 11 is 0. The zero-order valence-corrected chi connectivity index (χ0v) is 6.97. The smallest absolute Gasteiger partial charge is 0.114 e. The van der Waals surface area contributed by atoms with Crippen LogP contribution in [0.5, 0.6) is 0 Å². The molecule has 0 aromatic heterocycles. The highest BCUT2D eigenvalue weighted by molar-refractivity contribution is 5.22. The Labute approximate surface area is 71.8 Å². The van der Waals surface area contributed by atoms with Gasteiger partial charge in [-0.25, -0.2) is 0 Å². The molecule has 1 aliphatic heterocycles. The molecule has 0 amide bonds. The third-order valence-electron chi connectivity index (χ3n) is 2.13. The molecule has 1 aromatic carbocycles. The Morgan fingerprint density at radius 3 is 2.50 bits per heavy atom. The fourth-order valence-electron chi connectivity index (χ4n) is 1.40. The lowest BCUT2D eigenvalue weighted by Gasteiger charge is -1.97. The molecule has 0 saturated carbocycles. The van der Waals surface area contributed by atoms with Crippen molar-refractivity contribution in [1.82, 2.24) is 0 Å².